The van der Waals surface area contributed by atoms with Crippen LogP contribution in [0.5, 0.6) is 5.75 Å². The van der Waals surface area contributed by atoms with E-state index >= 15 is 0 Å². The Morgan fingerprint density at radius 3 is 2.50 bits per heavy atom. The molecule has 0 spiro atoms. The molecule has 8 heteroatoms. The maximum Gasteiger partial charge on any atom is 0.252 e. The molecule has 0 bridgehead atoms. The van der Waals surface area contributed by atoms with Crippen molar-refractivity contribution in [2.24, 2.45) is 0 Å². The fraction of sp³-hybridized carbons (Fsp3) is 0.429. The number of rotatable bonds is 9. The van der Waals surface area contributed by atoms with E-state index in [1.165, 1.54) is 0 Å². The number of tetrazole rings is 1. The molecule has 0 aliphatic rings. The van der Waals surface area contributed by atoms with E-state index in [1.807, 2.05) is 35.9 Å². The molecule has 2 aromatic heterocycles. The van der Waals surface area contributed by atoms with Crippen LogP contribution in [0.2, 0.25) is 0 Å². The number of aryl methyl sites for hydroxylation is 1. The number of aromatic amines is 1. The quantitative estimate of drug-likeness (QED) is 0.351. The summed E-state index contributed by atoms with van der Waals surface area (Å²) in [5.74, 6) is 1.62. The second-order valence-electron chi connectivity index (χ2n) is 10.4. The smallest absolute Gasteiger partial charge is 0.252 e. The van der Waals surface area contributed by atoms with E-state index < -0.39 is 0 Å². The summed E-state index contributed by atoms with van der Waals surface area (Å²) < 4.78 is 7.25. The number of pyridine rings is 1. The van der Waals surface area contributed by atoms with E-state index in [-0.39, 0.29) is 17.1 Å². The van der Waals surface area contributed by atoms with E-state index in [0.29, 0.717) is 13.1 Å². The number of H-pyrrole nitrogens is 1. The predicted molar refractivity (Wildman–Crippen MR) is 142 cm³/mol. The third-order valence-corrected chi connectivity index (χ3v) is 6.43. The van der Waals surface area contributed by atoms with Gasteiger partial charge in [-0.2, -0.15) is 0 Å². The summed E-state index contributed by atoms with van der Waals surface area (Å²) in [7, 11) is 1.67. The van der Waals surface area contributed by atoms with Gasteiger partial charge >= 0.3 is 0 Å². The fourth-order valence-electron chi connectivity index (χ4n) is 4.57. The zero-order valence-electron chi connectivity index (χ0n) is 22.1. The molecular weight excluding hydrogens is 452 g/mol. The summed E-state index contributed by atoms with van der Waals surface area (Å²) in [6.07, 6.45) is 1.81. The van der Waals surface area contributed by atoms with E-state index in [0.717, 1.165) is 52.0 Å². The van der Waals surface area contributed by atoms with Gasteiger partial charge in [-0.25, -0.2) is 4.68 Å². The first-order valence-electron chi connectivity index (χ1n) is 12.5. The number of benzene rings is 2. The van der Waals surface area contributed by atoms with Crippen LogP contribution in [0.15, 0.2) is 53.3 Å². The number of nitrogens with one attached hydrogen (secondary N) is 1. The minimum Gasteiger partial charge on any atom is -0.497 e. The van der Waals surface area contributed by atoms with Crippen LogP contribution in [-0.2, 0) is 18.6 Å². The molecule has 1 atom stereocenters. The van der Waals surface area contributed by atoms with Gasteiger partial charge in [-0.15, -0.1) is 5.10 Å². The third-order valence-electron chi connectivity index (χ3n) is 6.43. The molecule has 2 aromatic carbocycles. The summed E-state index contributed by atoms with van der Waals surface area (Å²) in [5.41, 5.74) is 3.47. The van der Waals surface area contributed by atoms with E-state index in [2.05, 4.69) is 77.4 Å². The molecule has 1 unspecified atom stereocenters. The molecule has 4 rings (SSSR count). The van der Waals surface area contributed by atoms with Crippen LogP contribution in [-0.4, -0.2) is 37.2 Å². The fourth-order valence-corrected chi connectivity index (χ4v) is 4.57. The van der Waals surface area contributed by atoms with Gasteiger partial charge in [-0.3, -0.25) is 9.69 Å². The van der Waals surface area contributed by atoms with Gasteiger partial charge in [0.1, 0.15) is 5.75 Å². The van der Waals surface area contributed by atoms with Gasteiger partial charge in [-0.05, 0) is 85.3 Å². The van der Waals surface area contributed by atoms with Crippen molar-refractivity contribution < 1.29 is 4.74 Å². The van der Waals surface area contributed by atoms with Gasteiger partial charge in [0.25, 0.3) is 5.56 Å². The molecule has 2 heterocycles. The first kappa shape index (κ1) is 25.6. The second-order valence-corrected chi connectivity index (χ2v) is 10.4. The number of fused-ring (bicyclic) bond motifs is 1. The van der Waals surface area contributed by atoms with Crippen LogP contribution in [0, 0.1) is 6.92 Å². The summed E-state index contributed by atoms with van der Waals surface area (Å²) >= 11 is 0. The van der Waals surface area contributed by atoms with Crippen molar-refractivity contribution in [1.82, 2.24) is 30.1 Å². The monoisotopic (exact) mass is 488 g/mol. The first-order chi connectivity index (χ1) is 17.2. The molecule has 36 heavy (non-hydrogen) atoms. The lowest BCUT2D eigenvalue weighted by Crippen LogP contribution is -2.35. The lowest BCUT2D eigenvalue weighted by Gasteiger charge is -2.33. The highest BCUT2D eigenvalue weighted by atomic mass is 16.5. The van der Waals surface area contributed by atoms with Crippen LogP contribution >= 0.6 is 0 Å². The topological polar surface area (TPSA) is 88.9 Å². The van der Waals surface area contributed by atoms with Gasteiger partial charge in [0.15, 0.2) is 5.82 Å². The summed E-state index contributed by atoms with van der Waals surface area (Å²) in [4.78, 5) is 18.6. The lowest BCUT2D eigenvalue weighted by atomic mass is 10.0. The number of aromatic nitrogens is 5. The Kier molecular flexibility index (Phi) is 7.54. The Morgan fingerprint density at radius 2 is 1.83 bits per heavy atom. The van der Waals surface area contributed by atoms with E-state index in [9.17, 15) is 4.79 Å². The molecule has 0 radical (unpaired) electrons. The van der Waals surface area contributed by atoms with Crippen LogP contribution in [0.1, 0.15) is 69.1 Å². The molecule has 0 saturated carbocycles. The van der Waals surface area contributed by atoms with Gasteiger partial charge in [0, 0.05) is 24.2 Å². The highest BCUT2D eigenvalue weighted by Crippen LogP contribution is 2.30. The van der Waals surface area contributed by atoms with Crippen LogP contribution in [0.4, 0.5) is 0 Å². The van der Waals surface area contributed by atoms with Crippen LogP contribution < -0.4 is 10.3 Å². The molecular formula is C28H36N6O2. The lowest BCUT2D eigenvalue weighted by molar-refractivity contribution is 0.148. The minimum atomic E-state index is -0.269. The third kappa shape index (κ3) is 5.65. The minimum absolute atomic E-state index is 0.0700. The van der Waals surface area contributed by atoms with E-state index in [4.69, 9.17) is 4.74 Å². The zero-order chi connectivity index (χ0) is 25.9. The SMILES string of the molecule is CCCC(c1nnnn1C(C)(C)C)N(Cc1ccc(OC)cc1)Cc1cc2ccc(C)cc2[nH]c1=O. The van der Waals surface area contributed by atoms with Gasteiger partial charge in [-0.1, -0.05) is 37.6 Å². The zero-order valence-corrected chi connectivity index (χ0v) is 22.1. The number of methoxy groups -OCH3 is 1. The standard InChI is InChI=1S/C28H36N6O2/c1-7-8-25(26-30-31-32-34(26)28(3,4)5)33(17-20-10-13-23(36-6)14-11-20)18-22-16-21-12-9-19(2)15-24(21)29-27(22)35/h9-16,25H,7-8,17-18H2,1-6H3,(H,29,35). The van der Waals surface area contributed by atoms with Gasteiger partial charge in [0.2, 0.25) is 0 Å². The Labute approximate surface area is 212 Å². The molecule has 190 valence electrons. The Hall–Kier alpha value is -3.52. The summed E-state index contributed by atoms with van der Waals surface area (Å²) in [6, 6.07) is 16.1. The van der Waals surface area contributed by atoms with Crippen molar-refractivity contribution in [3.63, 3.8) is 0 Å². The maximum absolute atomic E-state index is 13.2. The van der Waals surface area contributed by atoms with Gasteiger partial charge in [0.05, 0.1) is 18.7 Å². The predicted octanol–water partition coefficient (Wildman–Crippen LogP) is 5.13. The molecule has 0 aliphatic carbocycles. The number of hydrogen-bond donors (Lipinski definition) is 1. The van der Waals surface area contributed by atoms with Crippen molar-refractivity contribution in [3.05, 3.63) is 81.4 Å². The molecule has 1 N–H and O–H groups in total. The van der Waals surface area contributed by atoms with Crippen LogP contribution in [0.3, 0.4) is 0 Å². The summed E-state index contributed by atoms with van der Waals surface area (Å²) in [6.45, 7) is 11.6. The average molecular weight is 489 g/mol. The van der Waals surface area contributed by atoms with Crippen molar-refractivity contribution in [1.29, 1.82) is 0 Å². The highest BCUT2D eigenvalue weighted by molar-refractivity contribution is 5.79. The number of ether oxygens (including phenoxy) is 1. The molecule has 4 aromatic rings. The average Bonchev–Trinajstić information content (AvgIpc) is 3.33. The number of hydrogen-bond acceptors (Lipinski definition) is 6. The Bertz CT molecular complexity index is 1370. The van der Waals surface area contributed by atoms with Gasteiger partial charge < -0.3 is 9.72 Å². The second kappa shape index (κ2) is 10.6. The van der Waals surface area contributed by atoms with Crippen molar-refractivity contribution in [2.75, 3.05) is 7.11 Å². The Balaban J connectivity index is 1.78. The molecule has 0 aliphatic heterocycles. The molecule has 0 saturated heterocycles. The van der Waals surface area contributed by atoms with Crippen LogP contribution in [0.25, 0.3) is 10.9 Å². The molecule has 0 fully saturated rings. The largest absolute Gasteiger partial charge is 0.497 e. The van der Waals surface area contributed by atoms with Crippen molar-refractivity contribution in [3.8, 4) is 5.75 Å². The normalized spacial score (nSPS) is 12.9. The summed E-state index contributed by atoms with van der Waals surface area (Å²) in [5, 5.41) is 13.8. The van der Waals surface area contributed by atoms with E-state index in [1.54, 1.807) is 7.11 Å². The Morgan fingerprint density at radius 1 is 1.08 bits per heavy atom. The maximum atomic E-state index is 13.2. The van der Waals surface area contributed by atoms with Crippen molar-refractivity contribution >= 4 is 10.9 Å². The number of nitrogens with zero attached hydrogens (tertiary/aromatic N) is 5. The molecule has 8 nitrogen and oxygen atoms in total. The van der Waals surface area contributed by atoms with Crippen molar-refractivity contribution in [2.45, 2.75) is 72.1 Å². The molecule has 0 amide bonds. The highest BCUT2D eigenvalue weighted by Gasteiger charge is 2.30. The first-order valence-corrected chi connectivity index (χ1v) is 12.5.